The fourth-order valence-corrected chi connectivity index (χ4v) is 6.42. The average Bonchev–Trinajstić information content (AvgIpc) is 3.13. The van der Waals surface area contributed by atoms with Crippen LogP contribution in [-0.4, -0.2) is 19.9 Å². The lowest BCUT2D eigenvalue weighted by molar-refractivity contribution is 0.478. The van der Waals surface area contributed by atoms with Crippen molar-refractivity contribution in [2.45, 2.75) is 32.1 Å². The minimum absolute atomic E-state index is 0.114. The van der Waals surface area contributed by atoms with Gasteiger partial charge in [-0.1, -0.05) is 147 Å². The molecular weight excluding hydrogens is 548 g/mol. The first-order chi connectivity index (χ1) is 22.2. The number of para-hydroxylation sites is 1. The second-order valence-electron chi connectivity index (χ2n) is 11.4. The van der Waals surface area contributed by atoms with E-state index < -0.39 is 0 Å². The van der Waals surface area contributed by atoms with Crippen LogP contribution in [0.4, 0.5) is 0 Å². The SMILES string of the molecule is CCC(CC)(c1ccc(-c2nc(-c3ccccc3)nc(-c3ccccc3)n2)cc1)c1ccc(-c2cccc3cccnc23)cc1. The second-order valence-corrected chi connectivity index (χ2v) is 11.4. The fourth-order valence-electron chi connectivity index (χ4n) is 6.42. The molecule has 7 rings (SSSR count). The normalized spacial score (nSPS) is 11.5. The molecule has 5 aromatic carbocycles. The molecule has 0 atom stereocenters. The molecule has 2 heterocycles. The number of pyridine rings is 1. The first-order valence-electron chi connectivity index (χ1n) is 15.6. The molecule has 0 radical (unpaired) electrons. The number of hydrogen-bond donors (Lipinski definition) is 0. The molecule has 4 heteroatoms. The van der Waals surface area contributed by atoms with Crippen molar-refractivity contribution in [2.75, 3.05) is 0 Å². The Labute approximate surface area is 264 Å². The number of aromatic nitrogens is 4. The van der Waals surface area contributed by atoms with Crippen LogP contribution in [0.15, 0.2) is 146 Å². The molecule has 0 bridgehead atoms. The van der Waals surface area contributed by atoms with Crippen LogP contribution in [0.25, 0.3) is 56.2 Å². The van der Waals surface area contributed by atoms with Gasteiger partial charge in [-0.3, -0.25) is 4.98 Å². The highest BCUT2D eigenvalue weighted by Crippen LogP contribution is 2.40. The van der Waals surface area contributed by atoms with E-state index in [1.165, 1.54) is 16.7 Å². The van der Waals surface area contributed by atoms with Crippen molar-refractivity contribution in [1.82, 2.24) is 19.9 Å². The summed E-state index contributed by atoms with van der Waals surface area (Å²) in [4.78, 5) is 19.4. The average molecular weight is 583 g/mol. The minimum Gasteiger partial charge on any atom is -0.256 e. The Morgan fingerprint density at radius 2 is 0.911 bits per heavy atom. The van der Waals surface area contributed by atoms with Crippen LogP contribution in [0.1, 0.15) is 37.8 Å². The summed E-state index contributed by atoms with van der Waals surface area (Å²) in [7, 11) is 0. The molecule has 0 aliphatic rings. The fraction of sp³-hybridized carbons (Fsp3) is 0.122. The third-order valence-electron chi connectivity index (χ3n) is 8.98. The van der Waals surface area contributed by atoms with E-state index in [4.69, 9.17) is 15.0 Å². The Hall–Kier alpha value is -5.48. The summed E-state index contributed by atoms with van der Waals surface area (Å²) in [6.45, 7) is 4.56. The predicted octanol–water partition coefficient (Wildman–Crippen LogP) is 10.2. The van der Waals surface area contributed by atoms with Crippen molar-refractivity contribution in [3.63, 3.8) is 0 Å². The summed E-state index contributed by atoms with van der Waals surface area (Å²) in [5, 5.41) is 1.15. The highest BCUT2D eigenvalue weighted by Gasteiger charge is 2.30. The summed E-state index contributed by atoms with van der Waals surface area (Å²) in [5.74, 6) is 2.00. The summed E-state index contributed by atoms with van der Waals surface area (Å²) >= 11 is 0. The third kappa shape index (κ3) is 5.40. The molecule has 0 spiro atoms. The third-order valence-corrected chi connectivity index (χ3v) is 8.98. The minimum atomic E-state index is -0.114. The Bertz CT molecular complexity index is 1990. The zero-order valence-electron chi connectivity index (χ0n) is 25.6. The van der Waals surface area contributed by atoms with Crippen LogP contribution in [0.3, 0.4) is 0 Å². The van der Waals surface area contributed by atoms with Crippen molar-refractivity contribution in [3.05, 3.63) is 157 Å². The van der Waals surface area contributed by atoms with Crippen molar-refractivity contribution >= 4 is 10.9 Å². The van der Waals surface area contributed by atoms with Crippen LogP contribution in [0.5, 0.6) is 0 Å². The van der Waals surface area contributed by atoms with E-state index in [9.17, 15) is 0 Å². The van der Waals surface area contributed by atoms with Gasteiger partial charge in [-0.25, -0.2) is 15.0 Å². The number of hydrogen-bond acceptors (Lipinski definition) is 4. The molecule has 0 aliphatic carbocycles. The van der Waals surface area contributed by atoms with Gasteiger partial charge in [-0.15, -0.1) is 0 Å². The molecule has 0 saturated carbocycles. The van der Waals surface area contributed by atoms with E-state index >= 15 is 0 Å². The van der Waals surface area contributed by atoms with Gasteiger partial charge in [0.15, 0.2) is 17.5 Å². The van der Waals surface area contributed by atoms with Gasteiger partial charge in [0.2, 0.25) is 0 Å². The highest BCUT2D eigenvalue weighted by atomic mass is 15.0. The molecule has 4 nitrogen and oxygen atoms in total. The first kappa shape index (κ1) is 28.3. The van der Waals surface area contributed by atoms with Crippen LogP contribution in [-0.2, 0) is 5.41 Å². The summed E-state index contributed by atoms with van der Waals surface area (Å²) in [6.07, 6.45) is 3.84. The van der Waals surface area contributed by atoms with Crippen molar-refractivity contribution in [3.8, 4) is 45.3 Å². The lowest BCUT2D eigenvalue weighted by Gasteiger charge is -2.33. The van der Waals surface area contributed by atoms with Gasteiger partial charge in [-0.05, 0) is 35.6 Å². The van der Waals surface area contributed by atoms with Crippen LogP contribution in [0.2, 0.25) is 0 Å². The van der Waals surface area contributed by atoms with Gasteiger partial charge >= 0.3 is 0 Å². The smallest absolute Gasteiger partial charge is 0.164 e. The van der Waals surface area contributed by atoms with E-state index in [0.717, 1.165) is 46.0 Å². The number of benzene rings is 5. The Morgan fingerprint density at radius 1 is 0.444 bits per heavy atom. The molecule has 218 valence electrons. The molecule has 0 aliphatic heterocycles. The zero-order valence-corrected chi connectivity index (χ0v) is 25.6. The van der Waals surface area contributed by atoms with Gasteiger partial charge in [0.05, 0.1) is 5.52 Å². The largest absolute Gasteiger partial charge is 0.256 e. The lowest BCUT2D eigenvalue weighted by atomic mass is 9.70. The Balaban J connectivity index is 1.25. The molecule has 0 saturated heterocycles. The van der Waals surface area contributed by atoms with Gasteiger partial charge in [0.25, 0.3) is 0 Å². The highest BCUT2D eigenvalue weighted by molar-refractivity contribution is 5.93. The van der Waals surface area contributed by atoms with Gasteiger partial charge in [0, 0.05) is 39.3 Å². The van der Waals surface area contributed by atoms with E-state index in [-0.39, 0.29) is 5.41 Å². The van der Waals surface area contributed by atoms with E-state index in [1.54, 1.807) is 0 Å². The summed E-state index contributed by atoms with van der Waals surface area (Å²) in [6, 6.07) is 48.6. The van der Waals surface area contributed by atoms with Crippen LogP contribution >= 0.6 is 0 Å². The quantitative estimate of drug-likeness (QED) is 0.179. The lowest BCUT2D eigenvalue weighted by Crippen LogP contribution is -2.26. The van der Waals surface area contributed by atoms with Gasteiger partial charge in [0.1, 0.15) is 0 Å². The molecule has 0 fully saturated rings. The molecule has 0 amide bonds. The van der Waals surface area contributed by atoms with Gasteiger partial charge in [-0.2, -0.15) is 0 Å². The summed E-state index contributed by atoms with van der Waals surface area (Å²) < 4.78 is 0. The Kier molecular flexibility index (Phi) is 7.71. The number of fused-ring (bicyclic) bond motifs is 1. The molecule has 0 unspecified atom stereocenters. The topological polar surface area (TPSA) is 51.6 Å². The first-order valence-corrected chi connectivity index (χ1v) is 15.6. The molecule has 2 aromatic heterocycles. The number of nitrogens with zero attached hydrogens (tertiary/aromatic N) is 4. The standard InChI is InChI=1S/C41H34N4/c1-3-41(4-2,34-24-20-29(21-25-34)36-19-11-17-30-18-12-28-42-37(30)36)35-26-22-33(23-27-35)40-44-38(31-13-7-5-8-14-31)43-39(45-40)32-15-9-6-10-16-32/h5-28H,3-4H2,1-2H3. The molecular formula is C41H34N4. The molecule has 0 N–H and O–H groups in total. The zero-order chi connectivity index (χ0) is 30.6. The van der Waals surface area contributed by atoms with Crippen LogP contribution in [0, 0.1) is 0 Å². The molecule has 45 heavy (non-hydrogen) atoms. The van der Waals surface area contributed by atoms with Crippen LogP contribution < -0.4 is 0 Å². The maximum atomic E-state index is 4.92. The second kappa shape index (κ2) is 12.3. The van der Waals surface area contributed by atoms with Crippen molar-refractivity contribution < 1.29 is 0 Å². The van der Waals surface area contributed by atoms with E-state index in [0.29, 0.717) is 17.5 Å². The van der Waals surface area contributed by atoms with E-state index in [1.807, 2.05) is 72.9 Å². The monoisotopic (exact) mass is 582 g/mol. The Morgan fingerprint density at radius 3 is 1.42 bits per heavy atom. The predicted molar refractivity (Wildman–Crippen MR) is 185 cm³/mol. The van der Waals surface area contributed by atoms with Crippen molar-refractivity contribution in [1.29, 1.82) is 0 Å². The maximum absolute atomic E-state index is 4.92. The number of rotatable bonds is 8. The molecule has 7 aromatic rings. The van der Waals surface area contributed by atoms with Gasteiger partial charge < -0.3 is 0 Å². The van der Waals surface area contributed by atoms with Crippen molar-refractivity contribution in [2.24, 2.45) is 0 Å². The maximum Gasteiger partial charge on any atom is 0.164 e. The summed E-state index contributed by atoms with van der Waals surface area (Å²) in [5.41, 5.74) is 8.76. The van der Waals surface area contributed by atoms with E-state index in [2.05, 4.69) is 91.6 Å².